The molecule has 1 saturated heterocycles. The highest BCUT2D eigenvalue weighted by Crippen LogP contribution is 2.41. The zero-order valence-corrected chi connectivity index (χ0v) is 15.5. The summed E-state index contributed by atoms with van der Waals surface area (Å²) in [5, 5.41) is 4.67. The number of pyridine rings is 1. The molecule has 1 aromatic heterocycles. The molecular formula is C20H23N3O4. The Labute approximate surface area is 157 Å². The van der Waals surface area contributed by atoms with Crippen molar-refractivity contribution >= 4 is 22.6 Å². The summed E-state index contributed by atoms with van der Waals surface area (Å²) in [5.74, 6) is 0.842. The van der Waals surface area contributed by atoms with Gasteiger partial charge in [-0.1, -0.05) is 13.3 Å². The lowest BCUT2D eigenvalue weighted by molar-refractivity contribution is -0.119. The van der Waals surface area contributed by atoms with E-state index in [1.807, 2.05) is 13.0 Å². The Morgan fingerprint density at radius 2 is 2.26 bits per heavy atom. The van der Waals surface area contributed by atoms with E-state index in [0.29, 0.717) is 36.6 Å². The van der Waals surface area contributed by atoms with Gasteiger partial charge in [-0.15, -0.1) is 0 Å². The first-order valence-electron chi connectivity index (χ1n) is 9.31. The number of nitrogens with one attached hydrogen (secondary N) is 1. The zero-order valence-electron chi connectivity index (χ0n) is 15.5. The van der Waals surface area contributed by atoms with Gasteiger partial charge in [-0.2, -0.15) is 0 Å². The van der Waals surface area contributed by atoms with E-state index in [1.54, 1.807) is 12.3 Å². The molecule has 2 aliphatic heterocycles. The van der Waals surface area contributed by atoms with Crippen molar-refractivity contribution in [3.63, 3.8) is 0 Å². The topological polar surface area (TPSA) is 104 Å². The molecule has 7 nitrogen and oxygen atoms in total. The molecule has 1 aromatic carbocycles. The van der Waals surface area contributed by atoms with Crippen molar-refractivity contribution in [3.8, 4) is 11.6 Å². The van der Waals surface area contributed by atoms with Gasteiger partial charge in [-0.3, -0.25) is 9.59 Å². The lowest BCUT2D eigenvalue weighted by Gasteiger charge is -2.19. The largest absolute Gasteiger partial charge is 0.489 e. The van der Waals surface area contributed by atoms with Gasteiger partial charge in [0, 0.05) is 24.6 Å². The van der Waals surface area contributed by atoms with Crippen molar-refractivity contribution in [2.75, 3.05) is 6.61 Å². The molecule has 0 radical (unpaired) electrons. The number of fused-ring (bicyclic) bond motifs is 3. The fourth-order valence-electron chi connectivity index (χ4n) is 4.07. The van der Waals surface area contributed by atoms with E-state index < -0.39 is 5.91 Å². The van der Waals surface area contributed by atoms with Crippen LogP contribution in [0, 0.1) is 5.92 Å². The summed E-state index contributed by atoms with van der Waals surface area (Å²) in [6.07, 6.45) is 3.72. The number of hydrogen-bond acceptors (Lipinski definition) is 5. The Morgan fingerprint density at radius 3 is 3.00 bits per heavy atom. The summed E-state index contributed by atoms with van der Waals surface area (Å²) >= 11 is 0. The number of nitrogens with zero attached hydrogens (tertiary/aromatic N) is 1. The highest BCUT2D eigenvalue weighted by Gasteiger charge is 2.32. The fraction of sp³-hybridized carbons (Fsp3) is 0.450. The second-order valence-corrected chi connectivity index (χ2v) is 7.30. The molecule has 0 bridgehead atoms. The molecule has 4 rings (SSSR count). The van der Waals surface area contributed by atoms with Gasteiger partial charge in [0.15, 0.2) is 0 Å². The van der Waals surface area contributed by atoms with Crippen LogP contribution in [0.25, 0.3) is 10.8 Å². The second-order valence-electron chi connectivity index (χ2n) is 7.30. The van der Waals surface area contributed by atoms with E-state index in [0.717, 1.165) is 22.8 Å². The molecule has 0 saturated carbocycles. The Kier molecular flexibility index (Phi) is 4.37. The minimum absolute atomic E-state index is 0.0207. The summed E-state index contributed by atoms with van der Waals surface area (Å²) in [7, 11) is 0. The van der Waals surface area contributed by atoms with Gasteiger partial charge in [0.25, 0.3) is 5.91 Å². The molecule has 0 spiro atoms. The van der Waals surface area contributed by atoms with E-state index in [4.69, 9.17) is 15.2 Å². The van der Waals surface area contributed by atoms with Crippen LogP contribution in [0.5, 0.6) is 11.6 Å². The van der Waals surface area contributed by atoms with Crippen molar-refractivity contribution in [1.82, 2.24) is 10.3 Å². The van der Waals surface area contributed by atoms with Crippen LogP contribution in [-0.2, 0) is 11.2 Å². The minimum Gasteiger partial charge on any atom is -0.489 e. The third-order valence-corrected chi connectivity index (χ3v) is 5.43. The average molecular weight is 369 g/mol. The van der Waals surface area contributed by atoms with Gasteiger partial charge in [0.1, 0.15) is 18.5 Å². The number of hydrogen-bond donors (Lipinski definition) is 2. The summed E-state index contributed by atoms with van der Waals surface area (Å²) < 4.78 is 11.9. The van der Waals surface area contributed by atoms with Crippen molar-refractivity contribution in [3.05, 3.63) is 29.5 Å². The average Bonchev–Trinajstić information content (AvgIpc) is 3.20. The van der Waals surface area contributed by atoms with Gasteiger partial charge in [0.05, 0.1) is 17.0 Å². The molecule has 2 aromatic rings. The number of ether oxygens (including phenoxy) is 2. The number of aromatic nitrogens is 1. The molecule has 3 N–H and O–H groups in total. The normalized spacial score (nSPS) is 23.8. The first-order valence-corrected chi connectivity index (χ1v) is 9.31. The van der Waals surface area contributed by atoms with Gasteiger partial charge < -0.3 is 20.5 Å². The van der Waals surface area contributed by atoms with Crippen LogP contribution in [0.15, 0.2) is 18.3 Å². The minimum atomic E-state index is -0.513. The predicted molar refractivity (Wildman–Crippen MR) is 99.9 cm³/mol. The molecule has 0 aliphatic carbocycles. The smallest absolute Gasteiger partial charge is 0.252 e. The molecule has 1 fully saturated rings. The molecule has 2 amide bonds. The fourth-order valence-corrected chi connectivity index (χ4v) is 4.07. The van der Waals surface area contributed by atoms with E-state index in [2.05, 4.69) is 17.2 Å². The van der Waals surface area contributed by atoms with Gasteiger partial charge >= 0.3 is 0 Å². The summed E-state index contributed by atoms with van der Waals surface area (Å²) in [4.78, 5) is 28.0. The lowest BCUT2D eigenvalue weighted by Crippen LogP contribution is -2.34. The van der Waals surface area contributed by atoms with Crippen LogP contribution in [0.4, 0.5) is 0 Å². The van der Waals surface area contributed by atoms with Crippen LogP contribution >= 0.6 is 0 Å². The molecule has 142 valence electrons. The van der Waals surface area contributed by atoms with Gasteiger partial charge in [-0.25, -0.2) is 4.98 Å². The van der Waals surface area contributed by atoms with E-state index in [-0.39, 0.29) is 24.0 Å². The summed E-state index contributed by atoms with van der Waals surface area (Å²) in [5.41, 5.74) is 6.83. The number of carbonyl (C=O) groups excluding carboxylic acids is 2. The van der Waals surface area contributed by atoms with Crippen LogP contribution < -0.4 is 20.5 Å². The number of benzene rings is 1. The van der Waals surface area contributed by atoms with Crippen LogP contribution in [0.2, 0.25) is 0 Å². The number of rotatable bonds is 5. The van der Waals surface area contributed by atoms with Crippen molar-refractivity contribution in [1.29, 1.82) is 0 Å². The Bertz CT molecular complexity index is 927. The predicted octanol–water partition coefficient (Wildman–Crippen LogP) is 1.95. The lowest BCUT2D eigenvalue weighted by atomic mass is 9.98. The number of primary amides is 1. The van der Waals surface area contributed by atoms with Crippen LogP contribution in [0.1, 0.15) is 42.6 Å². The maximum atomic E-state index is 11.9. The van der Waals surface area contributed by atoms with E-state index >= 15 is 0 Å². The van der Waals surface area contributed by atoms with E-state index in [9.17, 15) is 9.59 Å². The van der Waals surface area contributed by atoms with Crippen molar-refractivity contribution < 1.29 is 19.1 Å². The number of nitrogens with two attached hydrogens (primary N) is 1. The quantitative estimate of drug-likeness (QED) is 0.838. The SMILES string of the molecule is CC[C@@H]1CC(=O)NC1COc1nccc2cc(C(N)=O)c3c(c12)CC(C)O3. The molecule has 27 heavy (non-hydrogen) atoms. The Balaban J connectivity index is 1.71. The maximum absolute atomic E-state index is 11.9. The molecule has 7 heteroatoms. The summed E-state index contributed by atoms with van der Waals surface area (Å²) in [6, 6.07) is 3.55. The van der Waals surface area contributed by atoms with Gasteiger partial charge in [-0.05, 0) is 30.4 Å². The van der Waals surface area contributed by atoms with Crippen molar-refractivity contribution in [2.45, 2.75) is 45.3 Å². The molecule has 3 heterocycles. The standard InChI is InChI=1S/C20H23N3O4/c1-3-11-8-16(24)23-15(11)9-26-20-17-12(4-5-22-20)7-14(19(21)25)18-13(17)6-10(2)27-18/h4-5,7,10-11,15H,3,6,8-9H2,1-2H3,(H2,21,25)(H,23,24)/t10?,11-,15?/m1/s1. The first-order chi connectivity index (χ1) is 13.0. The molecule has 3 atom stereocenters. The summed E-state index contributed by atoms with van der Waals surface area (Å²) in [6.45, 7) is 4.39. The monoisotopic (exact) mass is 369 g/mol. The van der Waals surface area contributed by atoms with E-state index in [1.165, 1.54) is 0 Å². The number of carbonyl (C=O) groups is 2. The highest BCUT2D eigenvalue weighted by atomic mass is 16.5. The molecular weight excluding hydrogens is 346 g/mol. The number of amides is 2. The second kappa shape index (κ2) is 6.72. The van der Waals surface area contributed by atoms with Crippen LogP contribution in [-0.4, -0.2) is 35.6 Å². The third-order valence-electron chi connectivity index (χ3n) is 5.43. The van der Waals surface area contributed by atoms with Gasteiger partial charge in [0.2, 0.25) is 11.8 Å². The highest BCUT2D eigenvalue weighted by molar-refractivity contribution is 6.04. The Morgan fingerprint density at radius 1 is 1.44 bits per heavy atom. The maximum Gasteiger partial charge on any atom is 0.252 e. The van der Waals surface area contributed by atoms with Crippen molar-refractivity contribution in [2.24, 2.45) is 11.7 Å². The molecule has 2 aliphatic rings. The Hall–Kier alpha value is -2.83. The third kappa shape index (κ3) is 3.07. The van der Waals surface area contributed by atoms with Crippen LogP contribution in [0.3, 0.4) is 0 Å². The molecule has 2 unspecified atom stereocenters. The zero-order chi connectivity index (χ0) is 19.1. The first kappa shape index (κ1) is 17.6.